The van der Waals surface area contributed by atoms with Gasteiger partial charge in [0.25, 0.3) is 0 Å². The van der Waals surface area contributed by atoms with E-state index >= 15 is 0 Å². The predicted molar refractivity (Wildman–Crippen MR) is 107 cm³/mol. The molecule has 1 aliphatic carbocycles. The second kappa shape index (κ2) is 7.41. The number of rotatable bonds is 8. The number of hydrogen-bond acceptors (Lipinski definition) is 1. The van der Waals surface area contributed by atoms with Gasteiger partial charge in [0.05, 0.1) is 0 Å². The lowest BCUT2D eigenvalue weighted by Crippen LogP contribution is -2.48. The minimum atomic E-state index is -1.73. The Morgan fingerprint density at radius 2 is 1.52 bits per heavy atom. The Bertz CT molecular complexity index is 498. The van der Waals surface area contributed by atoms with Crippen molar-refractivity contribution >= 4 is 24.2 Å². The fraction of sp³-hybridized carbons (Fsp3) is 0.700. The van der Waals surface area contributed by atoms with Gasteiger partial charge in [0, 0.05) is 11.1 Å². The van der Waals surface area contributed by atoms with Crippen molar-refractivity contribution in [2.24, 2.45) is 0 Å². The van der Waals surface area contributed by atoms with E-state index in [0.717, 1.165) is 13.0 Å². The van der Waals surface area contributed by atoms with Gasteiger partial charge in [-0.05, 0) is 52.9 Å². The summed E-state index contributed by atoms with van der Waals surface area (Å²) in [5.74, 6) is 0. The lowest BCUT2D eigenvalue weighted by Gasteiger charge is -2.42. The van der Waals surface area contributed by atoms with Crippen LogP contribution in [-0.4, -0.2) is 14.9 Å². The molecule has 0 atom stereocenters. The van der Waals surface area contributed by atoms with Gasteiger partial charge in [-0.2, -0.15) is 0 Å². The normalized spacial score (nSPS) is 17.3. The lowest BCUT2D eigenvalue weighted by atomic mass is 9.93. The smallest absolute Gasteiger partial charge is 0.200 e. The summed E-state index contributed by atoms with van der Waals surface area (Å²) in [4.78, 5) is 0. The Morgan fingerprint density at radius 1 is 1.00 bits per heavy atom. The zero-order valence-electron chi connectivity index (χ0n) is 15.7. The molecule has 23 heavy (non-hydrogen) atoms. The van der Waals surface area contributed by atoms with E-state index in [1.807, 2.05) is 0 Å². The third kappa shape index (κ3) is 3.77. The molecule has 0 spiro atoms. The van der Waals surface area contributed by atoms with Crippen molar-refractivity contribution in [3.8, 4) is 0 Å². The van der Waals surface area contributed by atoms with Gasteiger partial charge in [0.2, 0.25) is 0 Å². The zero-order chi connectivity index (χ0) is 17.3. The van der Waals surface area contributed by atoms with Gasteiger partial charge in [-0.3, -0.25) is 0 Å². The van der Waals surface area contributed by atoms with Gasteiger partial charge in [0.1, 0.15) is 0 Å². The van der Waals surface area contributed by atoms with Gasteiger partial charge >= 0.3 is 0 Å². The van der Waals surface area contributed by atoms with Gasteiger partial charge in [-0.25, -0.2) is 0 Å². The molecule has 0 aromatic heterocycles. The Hall–Kier alpha value is -0.123. The maximum absolute atomic E-state index is 6.77. The molecule has 0 unspecified atom stereocenters. The highest BCUT2D eigenvalue weighted by Crippen LogP contribution is 2.53. The fourth-order valence-electron chi connectivity index (χ4n) is 4.62. The predicted octanol–water partition coefficient (Wildman–Crippen LogP) is 7.06. The average Bonchev–Trinajstić information content (AvgIpc) is 3.23. The van der Waals surface area contributed by atoms with Crippen LogP contribution in [0.1, 0.15) is 66.4 Å². The molecule has 1 nitrogen and oxygen atoms in total. The van der Waals surface area contributed by atoms with E-state index in [-0.39, 0.29) is 0 Å². The summed E-state index contributed by atoms with van der Waals surface area (Å²) in [6.07, 6.45) is 3.77. The second-order valence-electron chi connectivity index (χ2n) is 8.18. The Labute approximate surface area is 152 Å². The Kier molecular flexibility index (Phi) is 6.19. The van der Waals surface area contributed by atoms with E-state index in [2.05, 4.69) is 81.7 Å². The van der Waals surface area contributed by atoms with Gasteiger partial charge < -0.3 is 4.43 Å². The topological polar surface area (TPSA) is 9.23 Å². The van der Waals surface area contributed by atoms with E-state index in [9.17, 15) is 0 Å². The molecule has 0 N–H and O–H groups in total. The third-order valence-electron chi connectivity index (χ3n) is 5.94. The molecular weight excluding hydrogens is 364 g/mol. The van der Waals surface area contributed by atoms with Crippen molar-refractivity contribution in [1.82, 2.24) is 0 Å². The van der Waals surface area contributed by atoms with Gasteiger partial charge in [-0.1, -0.05) is 75.7 Å². The molecule has 1 aliphatic rings. The molecule has 0 saturated heterocycles. The van der Waals surface area contributed by atoms with Crippen molar-refractivity contribution in [1.29, 1.82) is 0 Å². The first-order valence-corrected chi connectivity index (χ1v) is 12.1. The summed E-state index contributed by atoms with van der Waals surface area (Å²) < 4.78 is 8.04. The second-order valence-corrected chi connectivity index (χ2v) is 14.5. The minimum Gasteiger partial charge on any atom is -0.416 e. The van der Waals surface area contributed by atoms with Crippen LogP contribution < -0.4 is 0 Å². The van der Waals surface area contributed by atoms with Crippen molar-refractivity contribution < 1.29 is 4.43 Å². The molecule has 0 aliphatic heterocycles. The largest absolute Gasteiger partial charge is 0.416 e. The van der Waals surface area contributed by atoms with Gasteiger partial charge in [-0.15, -0.1) is 0 Å². The Morgan fingerprint density at radius 3 is 1.96 bits per heavy atom. The summed E-state index contributed by atoms with van der Waals surface area (Å²) >= 11 is 3.74. The average molecular weight is 397 g/mol. The van der Waals surface area contributed by atoms with Crippen molar-refractivity contribution in [3.05, 3.63) is 34.3 Å². The summed E-state index contributed by atoms with van der Waals surface area (Å²) in [5, 5.41) is 0. The molecule has 0 heterocycles. The molecule has 3 heteroatoms. The van der Waals surface area contributed by atoms with Crippen LogP contribution in [0.15, 0.2) is 28.7 Å². The van der Waals surface area contributed by atoms with Gasteiger partial charge in [0.15, 0.2) is 8.32 Å². The maximum atomic E-state index is 6.77. The molecule has 1 aromatic carbocycles. The van der Waals surface area contributed by atoms with Crippen LogP contribution in [0.4, 0.5) is 0 Å². The van der Waals surface area contributed by atoms with E-state index in [1.54, 1.807) is 0 Å². The first-order chi connectivity index (χ1) is 10.8. The minimum absolute atomic E-state index is 0.366. The quantitative estimate of drug-likeness (QED) is 0.427. The summed E-state index contributed by atoms with van der Waals surface area (Å²) in [5.41, 5.74) is 3.85. The summed E-state index contributed by atoms with van der Waals surface area (Å²) in [6.45, 7) is 15.1. The SMILES string of the molecule is CC(C)[Si](OCCC1(c2ccccc2Br)CC1)(C(C)C)C(C)C. The van der Waals surface area contributed by atoms with Crippen molar-refractivity contribution in [3.63, 3.8) is 0 Å². The highest BCUT2D eigenvalue weighted by Gasteiger charge is 2.48. The van der Waals surface area contributed by atoms with E-state index in [4.69, 9.17) is 4.43 Å². The molecule has 1 aromatic rings. The molecule has 130 valence electrons. The number of benzene rings is 1. The van der Waals surface area contributed by atoms with E-state index in [0.29, 0.717) is 22.0 Å². The number of halogens is 1. The molecule has 1 fully saturated rings. The van der Waals surface area contributed by atoms with Crippen molar-refractivity contribution in [2.75, 3.05) is 6.61 Å². The van der Waals surface area contributed by atoms with Crippen LogP contribution in [0.3, 0.4) is 0 Å². The van der Waals surface area contributed by atoms with Crippen LogP contribution >= 0.6 is 15.9 Å². The molecule has 0 amide bonds. The molecular formula is C20H33BrOSi. The first kappa shape index (κ1) is 19.2. The molecule has 0 bridgehead atoms. The van der Waals surface area contributed by atoms with Crippen LogP contribution in [0.2, 0.25) is 16.6 Å². The summed E-state index contributed by atoms with van der Waals surface area (Å²) in [6, 6.07) is 8.73. The zero-order valence-corrected chi connectivity index (χ0v) is 18.2. The van der Waals surface area contributed by atoms with Crippen molar-refractivity contribution in [2.45, 2.75) is 82.8 Å². The van der Waals surface area contributed by atoms with Crippen LogP contribution in [0, 0.1) is 0 Å². The monoisotopic (exact) mass is 396 g/mol. The first-order valence-electron chi connectivity index (χ1n) is 9.15. The van der Waals surface area contributed by atoms with Crippen LogP contribution in [0.25, 0.3) is 0 Å². The highest BCUT2D eigenvalue weighted by atomic mass is 79.9. The lowest BCUT2D eigenvalue weighted by molar-refractivity contribution is 0.258. The standard InChI is InChI=1S/C20H33BrOSi/c1-15(2)23(16(3)4,17(5)6)22-14-13-20(11-12-20)18-9-7-8-10-19(18)21/h7-10,15-17H,11-14H2,1-6H3. The molecule has 1 saturated carbocycles. The fourth-order valence-corrected chi connectivity index (χ4v) is 10.8. The van der Waals surface area contributed by atoms with E-state index in [1.165, 1.54) is 22.9 Å². The number of hydrogen-bond donors (Lipinski definition) is 0. The third-order valence-corrected chi connectivity index (χ3v) is 12.7. The Balaban J connectivity index is 2.07. The van der Waals surface area contributed by atoms with Crippen LogP contribution in [0.5, 0.6) is 0 Å². The maximum Gasteiger partial charge on any atom is 0.200 e. The summed E-state index contributed by atoms with van der Waals surface area (Å²) in [7, 11) is -1.73. The van der Waals surface area contributed by atoms with E-state index < -0.39 is 8.32 Å². The molecule has 2 rings (SSSR count). The van der Waals surface area contributed by atoms with Crippen LogP contribution in [-0.2, 0) is 9.84 Å². The molecule has 0 radical (unpaired) electrons. The highest BCUT2D eigenvalue weighted by molar-refractivity contribution is 9.10.